The highest BCUT2D eigenvalue weighted by atomic mass is 16.6. The normalized spacial score (nSPS) is 14.9. The van der Waals surface area contributed by atoms with Gasteiger partial charge in [0.1, 0.15) is 6.10 Å². The van der Waals surface area contributed by atoms with Crippen LogP contribution in [0, 0.1) is 0 Å². The van der Waals surface area contributed by atoms with Gasteiger partial charge < -0.3 is 55.4 Å². The van der Waals surface area contributed by atoms with Crippen LogP contribution in [0.15, 0.2) is 0 Å². The van der Waals surface area contributed by atoms with Gasteiger partial charge in [-0.15, -0.1) is 0 Å². The van der Waals surface area contributed by atoms with Crippen LogP contribution in [0.5, 0.6) is 0 Å². The smallest absolute Gasteiger partial charge is 0.343 e. The molecule has 0 amide bonds. The molecule has 0 aromatic rings. The first kappa shape index (κ1) is 36.6. The molecule has 0 aliphatic rings. The number of hydrogen-bond acceptors (Lipinski definition) is 15. The first-order valence-corrected chi connectivity index (χ1v) is 9.98. The van der Waals surface area contributed by atoms with E-state index in [1.165, 1.54) is 6.92 Å². The Kier molecular flexibility index (Phi) is 14.7. The Labute approximate surface area is 215 Å². The van der Waals surface area contributed by atoms with Crippen LogP contribution < -0.4 is 0 Å². The van der Waals surface area contributed by atoms with E-state index in [4.69, 9.17) is 30.6 Å². The van der Waals surface area contributed by atoms with Crippen LogP contribution in [0.3, 0.4) is 0 Å². The highest BCUT2D eigenvalue weighted by Crippen LogP contribution is 2.18. The van der Waals surface area contributed by atoms with Gasteiger partial charge in [0.2, 0.25) is 0 Å². The molecule has 0 saturated carbocycles. The van der Waals surface area contributed by atoms with E-state index in [0.717, 1.165) is 0 Å². The SMILES string of the molecule is CC(O)C(=O)O.O=C(O)CC(O)(CC(=O)OC(=O)CC(O)C(=O)OC(=O)CC(O)(CC(=O)O)C(=O)O)C(=O)O. The predicted molar refractivity (Wildman–Crippen MR) is 111 cm³/mol. The van der Waals surface area contributed by atoms with E-state index in [1.54, 1.807) is 0 Å². The number of ether oxygens (including phenoxy) is 2. The van der Waals surface area contributed by atoms with Gasteiger partial charge in [0.25, 0.3) is 0 Å². The van der Waals surface area contributed by atoms with Crippen LogP contribution in [-0.2, 0) is 52.6 Å². The third-order valence-corrected chi connectivity index (χ3v) is 3.99. The third-order valence-electron chi connectivity index (χ3n) is 3.99. The molecule has 20 heteroatoms. The summed E-state index contributed by atoms with van der Waals surface area (Å²) in [4.78, 5) is 98.7. The Hall–Kier alpha value is -4.53. The van der Waals surface area contributed by atoms with Gasteiger partial charge in [0.15, 0.2) is 17.3 Å². The fraction of sp³-hybridized carbons (Fsp3) is 0.526. The van der Waals surface area contributed by atoms with Gasteiger partial charge in [-0.2, -0.15) is 0 Å². The second kappa shape index (κ2) is 15.7. The van der Waals surface area contributed by atoms with Crippen molar-refractivity contribution in [2.24, 2.45) is 0 Å². The minimum atomic E-state index is -3.16. The van der Waals surface area contributed by atoms with Crippen molar-refractivity contribution in [2.45, 2.75) is 62.4 Å². The molecule has 0 aliphatic carbocycles. The van der Waals surface area contributed by atoms with Gasteiger partial charge in [-0.3, -0.25) is 24.0 Å². The van der Waals surface area contributed by atoms with Crippen molar-refractivity contribution in [3.8, 4) is 0 Å². The number of hydrogen-bond donors (Lipinski definition) is 9. The molecule has 0 radical (unpaired) electrons. The standard InChI is InChI=1S/C16H18O17.C3H6O3/c17-6(12(25)33-11(24)5-16(31,14(28)29)3-8(20)21)1-9(22)32-10(23)4-15(30,13(26)27)2-7(18)19;1-2(4)3(5)6/h6,17,30-31H,1-5H2,(H,18,19)(H,20,21)(H,26,27)(H,28,29);2,4H,1H3,(H,5,6). The number of aliphatic hydroxyl groups is 4. The fourth-order valence-corrected chi connectivity index (χ4v) is 2.07. The lowest BCUT2D eigenvalue weighted by Crippen LogP contribution is -2.44. The van der Waals surface area contributed by atoms with E-state index >= 15 is 0 Å². The first-order chi connectivity index (χ1) is 17.6. The molecule has 0 saturated heterocycles. The van der Waals surface area contributed by atoms with Crippen LogP contribution in [0.25, 0.3) is 0 Å². The molecule has 0 heterocycles. The highest BCUT2D eigenvalue weighted by molar-refractivity contribution is 5.96. The topological polar surface area (TPSA) is 354 Å². The fourth-order valence-electron chi connectivity index (χ4n) is 2.07. The molecule has 0 aromatic heterocycles. The second-order valence-corrected chi connectivity index (χ2v) is 7.54. The Bertz CT molecular complexity index is 997. The summed E-state index contributed by atoms with van der Waals surface area (Å²) in [7, 11) is 0. The zero-order valence-electron chi connectivity index (χ0n) is 19.7. The van der Waals surface area contributed by atoms with E-state index in [-0.39, 0.29) is 0 Å². The molecular formula is C19H24O20. The number of carbonyl (C=O) groups excluding carboxylic acids is 4. The van der Waals surface area contributed by atoms with Crippen LogP contribution >= 0.6 is 0 Å². The number of aliphatic carboxylic acids is 5. The van der Waals surface area contributed by atoms with Crippen molar-refractivity contribution in [1.82, 2.24) is 0 Å². The van der Waals surface area contributed by atoms with Crippen LogP contribution in [0.4, 0.5) is 0 Å². The molecule has 0 fully saturated rings. The molecule has 4 unspecified atom stereocenters. The van der Waals surface area contributed by atoms with Gasteiger partial charge in [0.05, 0.1) is 32.1 Å². The monoisotopic (exact) mass is 572 g/mol. The summed E-state index contributed by atoms with van der Waals surface area (Å²) in [6.07, 6.45) is -11.0. The molecule has 0 aliphatic heterocycles. The Morgan fingerprint density at radius 3 is 1.23 bits per heavy atom. The summed E-state index contributed by atoms with van der Waals surface area (Å²) < 4.78 is 8.01. The lowest BCUT2D eigenvalue weighted by molar-refractivity contribution is -0.179. The van der Waals surface area contributed by atoms with Crippen molar-refractivity contribution in [3.63, 3.8) is 0 Å². The number of aliphatic hydroxyl groups excluding tert-OH is 2. The van der Waals surface area contributed by atoms with E-state index in [0.29, 0.717) is 0 Å². The van der Waals surface area contributed by atoms with E-state index in [1.807, 2.05) is 0 Å². The Balaban J connectivity index is 0. The molecular weight excluding hydrogens is 548 g/mol. The Morgan fingerprint density at radius 1 is 0.615 bits per heavy atom. The van der Waals surface area contributed by atoms with Crippen LogP contribution in [0.2, 0.25) is 0 Å². The molecule has 39 heavy (non-hydrogen) atoms. The Morgan fingerprint density at radius 2 is 0.949 bits per heavy atom. The number of esters is 4. The summed E-state index contributed by atoms with van der Waals surface area (Å²) in [6, 6.07) is 0. The van der Waals surface area contributed by atoms with Gasteiger partial charge in [-0.05, 0) is 6.92 Å². The zero-order chi connectivity index (χ0) is 31.3. The summed E-state index contributed by atoms with van der Waals surface area (Å²) in [5, 5.41) is 79.3. The number of rotatable bonds is 14. The van der Waals surface area contributed by atoms with Gasteiger partial charge >= 0.3 is 53.7 Å². The molecule has 0 aromatic carbocycles. The molecule has 9 N–H and O–H groups in total. The number of carboxylic acid groups (broad SMARTS) is 5. The van der Waals surface area contributed by atoms with E-state index in [9.17, 15) is 58.5 Å². The minimum absolute atomic E-state index is 1.19. The van der Waals surface area contributed by atoms with Gasteiger partial charge in [-0.25, -0.2) is 19.2 Å². The van der Waals surface area contributed by atoms with Crippen molar-refractivity contribution in [2.75, 3.05) is 0 Å². The number of carbonyl (C=O) groups is 9. The largest absolute Gasteiger partial charge is 0.481 e. The predicted octanol–water partition coefficient (Wildman–Crippen LogP) is -4.31. The van der Waals surface area contributed by atoms with E-state index in [2.05, 4.69) is 9.47 Å². The maximum absolute atomic E-state index is 11.6. The van der Waals surface area contributed by atoms with Crippen LogP contribution in [0.1, 0.15) is 39.0 Å². The summed E-state index contributed by atoms with van der Waals surface area (Å²) in [5.41, 5.74) is -6.29. The lowest BCUT2D eigenvalue weighted by Gasteiger charge is -2.20. The molecule has 0 rings (SSSR count). The summed E-state index contributed by atoms with van der Waals surface area (Å²) >= 11 is 0. The second-order valence-electron chi connectivity index (χ2n) is 7.54. The highest BCUT2D eigenvalue weighted by Gasteiger charge is 2.43. The number of carboxylic acids is 5. The summed E-state index contributed by atoms with van der Waals surface area (Å²) in [5.74, 6) is -16.2. The molecule has 220 valence electrons. The zero-order valence-corrected chi connectivity index (χ0v) is 19.7. The van der Waals surface area contributed by atoms with Crippen molar-refractivity contribution < 1.29 is 98.6 Å². The third kappa shape index (κ3) is 14.7. The van der Waals surface area contributed by atoms with Crippen molar-refractivity contribution in [1.29, 1.82) is 0 Å². The molecule has 0 spiro atoms. The van der Waals surface area contributed by atoms with Crippen molar-refractivity contribution >= 4 is 53.7 Å². The first-order valence-electron chi connectivity index (χ1n) is 9.98. The summed E-state index contributed by atoms with van der Waals surface area (Å²) in [6.45, 7) is 1.20. The molecule has 0 bridgehead atoms. The maximum Gasteiger partial charge on any atom is 0.343 e. The average Bonchev–Trinajstić information content (AvgIpc) is 2.71. The lowest BCUT2D eigenvalue weighted by atomic mass is 9.96. The maximum atomic E-state index is 11.6. The van der Waals surface area contributed by atoms with Crippen LogP contribution in [-0.4, -0.2) is 123 Å². The van der Waals surface area contributed by atoms with Gasteiger partial charge in [0, 0.05) is 0 Å². The molecule has 4 atom stereocenters. The average molecular weight is 572 g/mol. The van der Waals surface area contributed by atoms with Gasteiger partial charge in [-0.1, -0.05) is 0 Å². The van der Waals surface area contributed by atoms with Crippen molar-refractivity contribution in [3.05, 3.63) is 0 Å². The minimum Gasteiger partial charge on any atom is -0.481 e. The van der Waals surface area contributed by atoms with E-state index < -0.39 is 109 Å². The quantitative estimate of drug-likeness (QED) is 0.0701. The molecule has 20 nitrogen and oxygen atoms in total.